The molecule has 0 heterocycles. The Morgan fingerprint density at radius 3 is 1.31 bits per heavy atom. The first-order chi connectivity index (χ1) is 13.4. The lowest BCUT2D eigenvalue weighted by Gasteiger charge is -2.31. The van der Waals surface area contributed by atoms with Crippen molar-refractivity contribution in [3.8, 4) is 0 Å². The summed E-state index contributed by atoms with van der Waals surface area (Å²) in [5, 5.41) is 36.5. The van der Waals surface area contributed by atoms with E-state index in [1.807, 2.05) is 0 Å². The minimum atomic E-state index is -1.45. The molecule has 0 bridgehead atoms. The van der Waals surface area contributed by atoms with Crippen molar-refractivity contribution in [2.45, 2.75) is 147 Å². The summed E-state index contributed by atoms with van der Waals surface area (Å²) < 4.78 is 0. The zero-order valence-electron chi connectivity index (χ0n) is 18.9. The van der Waals surface area contributed by atoms with Gasteiger partial charge < -0.3 is 26.2 Å². The highest BCUT2D eigenvalue weighted by Crippen LogP contribution is 2.24. The number of rotatable bonds is 21. The van der Waals surface area contributed by atoms with Gasteiger partial charge in [-0.15, -0.1) is 12.4 Å². The van der Waals surface area contributed by atoms with Gasteiger partial charge in [0.2, 0.25) is 0 Å². The Balaban J connectivity index is 0. The van der Waals surface area contributed by atoms with Gasteiger partial charge in [0.25, 0.3) is 0 Å². The van der Waals surface area contributed by atoms with Crippen molar-refractivity contribution in [2.24, 2.45) is 5.73 Å². The Hall–Kier alpha value is 0.0900. The normalized spacial score (nSPS) is 13.7. The molecule has 1 atom stereocenters. The first-order valence-corrected chi connectivity index (χ1v) is 11.9. The second-order valence-corrected chi connectivity index (χ2v) is 8.77. The van der Waals surface area contributed by atoms with Crippen LogP contribution in [0.2, 0.25) is 0 Å². The predicted octanol–water partition coefficient (Wildman–Crippen LogP) is 5.16. The van der Waals surface area contributed by atoms with Crippen LogP contribution in [0.4, 0.5) is 0 Å². The van der Waals surface area contributed by atoms with Crippen LogP contribution in [0.25, 0.3) is 0 Å². The van der Waals surface area contributed by atoms with Gasteiger partial charge in [-0.2, -0.15) is 0 Å². The molecule has 6 N–H and O–H groups in total. The maximum absolute atomic E-state index is 9.23. The van der Waals surface area contributed by atoms with E-state index in [2.05, 4.69) is 6.92 Å². The van der Waals surface area contributed by atoms with Crippen molar-refractivity contribution in [3.05, 3.63) is 0 Å². The maximum atomic E-state index is 9.23. The number of aliphatic hydroxyl groups is 4. The van der Waals surface area contributed by atoms with Gasteiger partial charge in [0.15, 0.2) is 12.6 Å². The van der Waals surface area contributed by atoms with Gasteiger partial charge >= 0.3 is 0 Å². The smallest absolute Gasteiger partial charge is 0.153 e. The van der Waals surface area contributed by atoms with E-state index in [9.17, 15) is 10.2 Å². The summed E-state index contributed by atoms with van der Waals surface area (Å²) in [6, 6.07) is 0. The minimum Gasteiger partial charge on any atom is -0.368 e. The van der Waals surface area contributed by atoms with Crippen LogP contribution in [-0.2, 0) is 0 Å². The first kappa shape index (κ1) is 31.3. The van der Waals surface area contributed by atoms with Gasteiger partial charge in [0, 0.05) is 12.0 Å². The number of unbranched alkanes of at least 4 members (excludes halogenated alkanes) is 14. The Kier molecular flexibility index (Phi) is 23.0. The Morgan fingerprint density at radius 2 is 0.966 bits per heavy atom. The standard InChI is InChI=1S/C23H49NO4.ClH/c1-2-3-4-5-6-7-8-9-10-11-12-13-14-15-16-18-23(24,20-22(27)28)19-17-21(25)26;/h21-22,25-28H,2-20,24H2,1H3;1H. The second kappa shape index (κ2) is 21.3. The highest BCUT2D eigenvalue weighted by molar-refractivity contribution is 5.85. The summed E-state index contributed by atoms with van der Waals surface area (Å²) in [5.74, 6) is 0. The highest BCUT2D eigenvalue weighted by Gasteiger charge is 2.27. The Bertz CT molecular complexity index is 332. The van der Waals surface area contributed by atoms with Gasteiger partial charge in [-0.05, 0) is 19.3 Å². The average Bonchev–Trinajstić information content (AvgIpc) is 2.63. The zero-order chi connectivity index (χ0) is 21.1. The number of nitrogens with two attached hydrogens (primary N) is 1. The van der Waals surface area contributed by atoms with Crippen molar-refractivity contribution in [3.63, 3.8) is 0 Å². The van der Waals surface area contributed by atoms with Crippen LogP contribution >= 0.6 is 12.4 Å². The largest absolute Gasteiger partial charge is 0.368 e. The number of aliphatic hydroxyl groups excluding tert-OH is 2. The van der Waals surface area contributed by atoms with Crippen LogP contribution in [0.15, 0.2) is 0 Å². The zero-order valence-corrected chi connectivity index (χ0v) is 19.7. The maximum Gasteiger partial charge on any atom is 0.153 e. The third-order valence-corrected chi connectivity index (χ3v) is 5.77. The minimum absolute atomic E-state index is 0. The molecule has 0 aliphatic rings. The van der Waals surface area contributed by atoms with Crippen LogP contribution in [0.1, 0.15) is 129 Å². The van der Waals surface area contributed by atoms with Crippen LogP contribution in [0.5, 0.6) is 0 Å². The molecule has 0 aromatic rings. The number of halogens is 1. The van der Waals surface area contributed by atoms with E-state index >= 15 is 0 Å². The molecule has 0 amide bonds. The van der Waals surface area contributed by atoms with Gasteiger partial charge in [-0.3, -0.25) is 0 Å². The molecule has 1 unspecified atom stereocenters. The molecule has 0 aliphatic carbocycles. The first-order valence-electron chi connectivity index (χ1n) is 11.9. The molecule has 6 heteroatoms. The average molecular weight is 440 g/mol. The van der Waals surface area contributed by atoms with E-state index in [4.69, 9.17) is 15.9 Å². The lowest BCUT2D eigenvalue weighted by Crippen LogP contribution is -2.43. The summed E-state index contributed by atoms with van der Waals surface area (Å²) in [4.78, 5) is 0. The molecule has 0 saturated heterocycles. The predicted molar refractivity (Wildman–Crippen MR) is 124 cm³/mol. The SMILES string of the molecule is CCCCCCCCCCCCCCCCCC(N)(CCC(O)O)CC(O)O.Cl. The van der Waals surface area contributed by atoms with Gasteiger partial charge in [0.05, 0.1) is 0 Å². The summed E-state index contributed by atoms with van der Waals surface area (Å²) in [7, 11) is 0. The fourth-order valence-electron chi connectivity index (χ4n) is 3.96. The lowest BCUT2D eigenvalue weighted by atomic mass is 9.85. The number of hydrogen-bond acceptors (Lipinski definition) is 5. The van der Waals surface area contributed by atoms with E-state index < -0.39 is 18.1 Å². The van der Waals surface area contributed by atoms with E-state index in [0.29, 0.717) is 12.8 Å². The lowest BCUT2D eigenvalue weighted by molar-refractivity contribution is -0.0733. The van der Waals surface area contributed by atoms with E-state index in [0.717, 1.165) is 12.8 Å². The van der Waals surface area contributed by atoms with E-state index in [-0.39, 0.29) is 25.2 Å². The molecule has 0 spiro atoms. The van der Waals surface area contributed by atoms with Crippen LogP contribution in [0, 0.1) is 0 Å². The van der Waals surface area contributed by atoms with Crippen molar-refractivity contribution in [1.29, 1.82) is 0 Å². The van der Waals surface area contributed by atoms with Gasteiger partial charge in [-0.1, -0.05) is 103 Å². The Morgan fingerprint density at radius 1 is 0.586 bits per heavy atom. The number of hydrogen-bond donors (Lipinski definition) is 5. The van der Waals surface area contributed by atoms with Crippen LogP contribution in [-0.4, -0.2) is 38.5 Å². The fourth-order valence-corrected chi connectivity index (χ4v) is 3.96. The van der Waals surface area contributed by atoms with Gasteiger partial charge in [-0.25, -0.2) is 0 Å². The fraction of sp³-hybridized carbons (Fsp3) is 1.00. The second-order valence-electron chi connectivity index (χ2n) is 8.77. The molecule has 0 aromatic carbocycles. The third kappa shape index (κ3) is 22.6. The highest BCUT2D eigenvalue weighted by atomic mass is 35.5. The topological polar surface area (TPSA) is 107 Å². The van der Waals surface area contributed by atoms with Gasteiger partial charge in [0.1, 0.15) is 0 Å². The molecule has 178 valence electrons. The van der Waals surface area contributed by atoms with Crippen molar-refractivity contribution in [1.82, 2.24) is 0 Å². The summed E-state index contributed by atoms with van der Waals surface area (Å²) in [6.07, 6.45) is 18.1. The summed E-state index contributed by atoms with van der Waals surface area (Å²) in [6.45, 7) is 2.26. The summed E-state index contributed by atoms with van der Waals surface area (Å²) >= 11 is 0. The molecule has 5 nitrogen and oxygen atoms in total. The molecule has 0 aliphatic heterocycles. The molecule has 0 aromatic heterocycles. The molecule has 0 radical (unpaired) electrons. The van der Waals surface area contributed by atoms with Crippen LogP contribution in [0.3, 0.4) is 0 Å². The molecule has 0 rings (SSSR count). The molecule has 0 saturated carbocycles. The van der Waals surface area contributed by atoms with Crippen molar-refractivity contribution < 1.29 is 20.4 Å². The summed E-state index contributed by atoms with van der Waals surface area (Å²) in [5.41, 5.74) is 5.53. The molecule has 0 fully saturated rings. The van der Waals surface area contributed by atoms with E-state index in [1.165, 1.54) is 83.5 Å². The molecule has 29 heavy (non-hydrogen) atoms. The quantitative estimate of drug-likeness (QED) is 0.125. The Labute approximate surface area is 185 Å². The van der Waals surface area contributed by atoms with E-state index in [1.54, 1.807) is 0 Å². The molecular formula is C23H50ClNO4. The van der Waals surface area contributed by atoms with Crippen molar-refractivity contribution in [2.75, 3.05) is 0 Å². The van der Waals surface area contributed by atoms with Crippen molar-refractivity contribution >= 4 is 12.4 Å². The van der Waals surface area contributed by atoms with Crippen LogP contribution < -0.4 is 5.73 Å². The monoisotopic (exact) mass is 439 g/mol. The molecular weight excluding hydrogens is 390 g/mol. The third-order valence-electron chi connectivity index (χ3n) is 5.77.